The number of H-pyrrole nitrogens is 1. The van der Waals surface area contributed by atoms with E-state index in [9.17, 15) is 19.5 Å². The number of para-hydroxylation sites is 1. The monoisotopic (exact) mass is 481 g/mol. The molecule has 0 aliphatic carbocycles. The number of rotatable bonds is 1. The summed E-state index contributed by atoms with van der Waals surface area (Å²) in [5.74, 6) is -1.46. The molecule has 3 aromatic rings. The van der Waals surface area contributed by atoms with Crippen molar-refractivity contribution in [1.82, 2.24) is 14.5 Å². The van der Waals surface area contributed by atoms with Crippen molar-refractivity contribution in [3.8, 4) is 0 Å². The van der Waals surface area contributed by atoms with Crippen molar-refractivity contribution in [2.45, 2.75) is 64.8 Å². The lowest BCUT2D eigenvalue weighted by Gasteiger charge is -2.27. The number of nitrogens with zero attached hydrogens (tertiary/aromatic N) is 2. The molecule has 0 spiro atoms. The van der Waals surface area contributed by atoms with Gasteiger partial charge in [0.1, 0.15) is 16.9 Å². The maximum Gasteiger partial charge on any atom is 0.419 e. The second kappa shape index (κ2) is 8.57. The van der Waals surface area contributed by atoms with E-state index in [1.807, 2.05) is 0 Å². The first-order valence-electron chi connectivity index (χ1n) is 11.5. The first-order valence-corrected chi connectivity index (χ1v) is 11.5. The number of ether oxygens (including phenoxy) is 2. The van der Waals surface area contributed by atoms with Gasteiger partial charge in [-0.05, 0) is 59.7 Å². The van der Waals surface area contributed by atoms with Crippen LogP contribution in [0.3, 0.4) is 0 Å². The van der Waals surface area contributed by atoms with Crippen LogP contribution in [0.15, 0.2) is 42.6 Å². The average molecular weight is 482 g/mol. The van der Waals surface area contributed by atoms with Crippen LogP contribution in [-0.4, -0.2) is 61.5 Å². The van der Waals surface area contributed by atoms with Gasteiger partial charge in [-0.3, -0.25) is 4.79 Å². The van der Waals surface area contributed by atoms with Crippen LogP contribution in [0.2, 0.25) is 0 Å². The van der Waals surface area contributed by atoms with E-state index in [4.69, 9.17) is 9.47 Å². The van der Waals surface area contributed by atoms with Crippen molar-refractivity contribution in [3.63, 3.8) is 0 Å². The van der Waals surface area contributed by atoms with Crippen molar-refractivity contribution >= 4 is 29.0 Å². The second-order valence-corrected chi connectivity index (χ2v) is 10.7. The summed E-state index contributed by atoms with van der Waals surface area (Å²) in [6, 6.07) is 10.6. The molecule has 0 radical (unpaired) electrons. The molecule has 1 aliphatic rings. The molecular formula is C26H31N3O6. The first kappa shape index (κ1) is 24.5. The van der Waals surface area contributed by atoms with Gasteiger partial charge in [0.2, 0.25) is 0 Å². The fourth-order valence-corrected chi connectivity index (χ4v) is 4.36. The Morgan fingerprint density at radius 2 is 1.60 bits per heavy atom. The molecule has 2 aromatic heterocycles. The summed E-state index contributed by atoms with van der Waals surface area (Å²) in [7, 11) is 0. The molecule has 2 atom stereocenters. The van der Waals surface area contributed by atoms with E-state index in [2.05, 4.69) is 4.98 Å². The van der Waals surface area contributed by atoms with Crippen molar-refractivity contribution < 1.29 is 29.0 Å². The van der Waals surface area contributed by atoms with E-state index in [1.54, 1.807) is 84.1 Å². The molecule has 0 bridgehead atoms. The third-order valence-electron chi connectivity index (χ3n) is 5.57. The van der Waals surface area contributed by atoms with Gasteiger partial charge in [-0.1, -0.05) is 18.2 Å². The summed E-state index contributed by atoms with van der Waals surface area (Å²) in [5.41, 5.74) is -0.208. The van der Waals surface area contributed by atoms with Crippen molar-refractivity contribution in [3.05, 3.63) is 59.5 Å². The zero-order valence-corrected chi connectivity index (χ0v) is 20.8. The highest BCUT2D eigenvalue weighted by atomic mass is 16.6. The molecule has 0 unspecified atom stereocenters. The molecule has 35 heavy (non-hydrogen) atoms. The topological polar surface area (TPSA) is 114 Å². The van der Waals surface area contributed by atoms with Gasteiger partial charge in [0.15, 0.2) is 0 Å². The van der Waals surface area contributed by atoms with E-state index in [-0.39, 0.29) is 12.2 Å². The Bertz CT molecular complexity index is 1280. The molecule has 3 heterocycles. The van der Waals surface area contributed by atoms with Gasteiger partial charge in [0.25, 0.3) is 5.91 Å². The van der Waals surface area contributed by atoms with E-state index < -0.39 is 41.3 Å². The molecular weight excluding hydrogens is 450 g/mol. The number of hydrogen-bond acceptors (Lipinski definition) is 6. The van der Waals surface area contributed by atoms with Gasteiger partial charge in [0.05, 0.1) is 24.1 Å². The molecule has 2 N–H and O–H groups in total. The number of benzene rings is 1. The van der Waals surface area contributed by atoms with Crippen molar-refractivity contribution in [2.75, 3.05) is 6.54 Å². The van der Waals surface area contributed by atoms with Crippen LogP contribution >= 0.6 is 0 Å². The second-order valence-electron chi connectivity index (χ2n) is 10.7. The number of β-amino-alcohol motifs (C(OH)–C–C–N with tert-alkyl or cyclic N) is 1. The maximum atomic E-state index is 14.0. The number of amides is 2. The number of carbonyl (C=O) groups excluding carboxylic acids is 3. The fourth-order valence-electron chi connectivity index (χ4n) is 4.36. The molecule has 0 saturated carbocycles. The lowest BCUT2D eigenvalue weighted by atomic mass is 9.89. The van der Waals surface area contributed by atoms with Crippen LogP contribution in [-0.2, 0) is 9.47 Å². The SMILES string of the molecule is CC(C)(C)OC(=O)N1C[C@@H](O)[C@H](c2ccc[nH]2)c2c(n(C(=O)OC(C)(C)C)c3ccccc23)C1=O. The minimum absolute atomic E-state index is 0.0394. The lowest BCUT2D eigenvalue weighted by molar-refractivity contribution is 0.0147. The predicted molar refractivity (Wildman–Crippen MR) is 129 cm³/mol. The van der Waals surface area contributed by atoms with Gasteiger partial charge in [-0.2, -0.15) is 0 Å². The zero-order chi connectivity index (χ0) is 25.7. The third-order valence-corrected chi connectivity index (χ3v) is 5.57. The number of aliphatic hydroxyl groups excluding tert-OH is 1. The third kappa shape index (κ3) is 4.68. The Morgan fingerprint density at radius 1 is 0.971 bits per heavy atom. The summed E-state index contributed by atoms with van der Waals surface area (Å²) in [4.78, 5) is 44.4. The quantitative estimate of drug-likeness (QED) is 0.524. The number of imide groups is 1. The number of aromatic amines is 1. The number of aromatic nitrogens is 2. The molecule has 9 nitrogen and oxygen atoms in total. The molecule has 1 aromatic carbocycles. The molecule has 1 aliphatic heterocycles. The smallest absolute Gasteiger partial charge is 0.419 e. The van der Waals surface area contributed by atoms with Gasteiger partial charge < -0.3 is 19.6 Å². The number of carbonyl (C=O) groups is 3. The number of nitrogens with one attached hydrogen (secondary N) is 1. The highest BCUT2D eigenvalue weighted by Crippen LogP contribution is 2.41. The normalized spacial score (nSPS) is 18.8. The van der Waals surface area contributed by atoms with E-state index in [0.29, 0.717) is 22.2 Å². The average Bonchev–Trinajstić information content (AvgIpc) is 3.34. The highest BCUT2D eigenvalue weighted by molar-refractivity contribution is 6.11. The minimum Gasteiger partial charge on any atom is -0.443 e. The standard InChI is InChI=1S/C26H31N3O6/c1-25(2,3)34-23(32)28-14-18(30)20(16-11-9-13-27-16)19-15-10-7-8-12-17(15)29(21(19)22(28)31)24(33)35-26(4,5)6/h7-13,18,20,27,30H,14H2,1-6H3/t18-,20+/m1/s1. The van der Waals surface area contributed by atoms with Crippen LogP contribution in [0, 0.1) is 0 Å². The summed E-state index contributed by atoms with van der Waals surface area (Å²) >= 11 is 0. The molecule has 2 amide bonds. The molecule has 0 fully saturated rings. The van der Waals surface area contributed by atoms with Crippen molar-refractivity contribution in [1.29, 1.82) is 0 Å². The lowest BCUT2D eigenvalue weighted by Crippen LogP contribution is -2.45. The van der Waals surface area contributed by atoms with Gasteiger partial charge in [0, 0.05) is 22.8 Å². The first-order chi connectivity index (χ1) is 16.3. The number of aliphatic hydroxyl groups is 1. The Morgan fingerprint density at radius 3 is 2.20 bits per heavy atom. The van der Waals surface area contributed by atoms with Crippen molar-refractivity contribution in [2.24, 2.45) is 0 Å². The summed E-state index contributed by atoms with van der Waals surface area (Å²) in [6.07, 6.45) is -1.11. The van der Waals surface area contributed by atoms with Gasteiger partial charge >= 0.3 is 12.2 Å². The molecule has 0 saturated heterocycles. The molecule has 4 rings (SSSR count). The number of fused-ring (bicyclic) bond motifs is 3. The number of hydrogen-bond donors (Lipinski definition) is 2. The zero-order valence-electron chi connectivity index (χ0n) is 20.8. The van der Waals surface area contributed by atoms with Gasteiger partial charge in [-0.15, -0.1) is 0 Å². The van der Waals surface area contributed by atoms with E-state index >= 15 is 0 Å². The Kier molecular flexibility index (Phi) is 6.00. The summed E-state index contributed by atoms with van der Waals surface area (Å²) < 4.78 is 12.3. The van der Waals surface area contributed by atoms with Crippen LogP contribution in [0.1, 0.15) is 69.2 Å². The fraction of sp³-hybridized carbons (Fsp3) is 0.423. The van der Waals surface area contributed by atoms with E-state index in [1.165, 1.54) is 4.57 Å². The van der Waals surface area contributed by atoms with Crippen LogP contribution in [0.4, 0.5) is 9.59 Å². The summed E-state index contributed by atoms with van der Waals surface area (Å²) in [6.45, 7) is 9.95. The maximum absolute atomic E-state index is 14.0. The Labute approximate surface area is 203 Å². The summed E-state index contributed by atoms with van der Waals surface area (Å²) in [5, 5.41) is 12.0. The molecule has 9 heteroatoms. The van der Waals surface area contributed by atoms with E-state index in [0.717, 1.165) is 4.90 Å². The predicted octanol–water partition coefficient (Wildman–Crippen LogP) is 4.64. The Balaban J connectivity index is 2.01. The Hall–Kier alpha value is -3.59. The molecule has 186 valence electrons. The van der Waals surface area contributed by atoms with Crippen LogP contribution in [0.25, 0.3) is 10.9 Å². The highest BCUT2D eigenvalue weighted by Gasteiger charge is 2.44. The largest absolute Gasteiger partial charge is 0.443 e. The van der Waals surface area contributed by atoms with Gasteiger partial charge in [-0.25, -0.2) is 19.1 Å². The van der Waals surface area contributed by atoms with Crippen LogP contribution < -0.4 is 0 Å². The van der Waals surface area contributed by atoms with Crippen LogP contribution in [0.5, 0.6) is 0 Å². The minimum atomic E-state index is -1.16.